The zero-order valence-electron chi connectivity index (χ0n) is 19.1. The minimum atomic E-state index is -0.279. The highest BCUT2D eigenvalue weighted by molar-refractivity contribution is 5.79. The summed E-state index contributed by atoms with van der Waals surface area (Å²) in [5.41, 5.74) is 1.50. The molecule has 0 N–H and O–H groups in total. The SMILES string of the molecule is O=C(CN1CCC(n2nnc3cc(F)ccc32)CC1)N(C1CCCCC1)C1CCCCC1. The zero-order valence-corrected chi connectivity index (χ0v) is 19.1. The Kier molecular flexibility index (Phi) is 6.72. The van der Waals surface area contributed by atoms with Gasteiger partial charge in [0.2, 0.25) is 5.91 Å². The molecule has 2 aromatic rings. The van der Waals surface area contributed by atoms with Gasteiger partial charge in [-0.3, -0.25) is 9.69 Å². The van der Waals surface area contributed by atoms with Gasteiger partial charge in [-0.15, -0.1) is 5.10 Å². The van der Waals surface area contributed by atoms with Crippen molar-refractivity contribution in [2.45, 2.75) is 95.2 Å². The van der Waals surface area contributed by atoms with E-state index in [-0.39, 0.29) is 11.9 Å². The summed E-state index contributed by atoms with van der Waals surface area (Å²) in [6, 6.07) is 5.85. The average molecular weight is 442 g/mol. The third kappa shape index (κ3) is 4.68. The van der Waals surface area contributed by atoms with Crippen molar-refractivity contribution in [2.75, 3.05) is 19.6 Å². The molecule has 0 radical (unpaired) electrons. The molecule has 3 aliphatic rings. The van der Waals surface area contributed by atoms with E-state index in [9.17, 15) is 9.18 Å². The minimum absolute atomic E-state index is 0.254. The number of nitrogens with zero attached hydrogens (tertiary/aromatic N) is 5. The molecule has 32 heavy (non-hydrogen) atoms. The number of rotatable bonds is 5. The Morgan fingerprint density at radius 2 is 1.56 bits per heavy atom. The predicted octanol–water partition coefficient (Wildman–Crippen LogP) is 4.70. The Bertz CT molecular complexity index is 892. The number of likely N-dealkylation sites (tertiary alicyclic amines) is 1. The van der Waals surface area contributed by atoms with Crippen LogP contribution in [0, 0.1) is 5.82 Å². The molecule has 0 atom stereocenters. The second-order valence-corrected chi connectivity index (χ2v) is 10.1. The maximum atomic E-state index is 13.5. The number of piperidine rings is 1. The molecule has 3 fully saturated rings. The molecule has 6 nitrogen and oxygen atoms in total. The van der Waals surface area contributed by atoms with Gasteiger partial charge in [-0.05, 0) is 50.7 Å². The number of hydrogen-bond donors (Lipinski definition) is 0. The minimum Gasteiger partial charge on any atom is -0.336 e. The van der Waals surface area contributed by atoms with Crippen molar-refractivity contribution in [2.24, 2.45) is 0 Å². The van der Waals surface area contributed by atoms with Gasteiger partial charge in [0, 0.05) is 31.2 Å². The second kappa shape index (κ2) is 9.86. The molecule has 2 heterocycles. The average Bonchev–Trinajstić information content (AvgIpc) is 3.24. The number of carbonyl (C=O) groups excluding carboxylic acids is 1. The fourth-order valence-electron chi connectivity index (χ4n) is 6.20. The van der Waals surface area contributed by atoms with Gasteiger partial charge in [0.05, 0.1) is 18.1 Å². The second-order valence-electron chi connectivity index (χ2n) is 10.1. The van der Waals surface area contributed by atoms with Crippen molar-refractivity contribution in [1.29, 1.82) is 0 Å². The molecule has 0 unspecified atom stereocenters. The summed E-state index contributed by atoms with van der Waals surface area (Å²) in [7, 11) is 0. The predicted molar refractivity (Wildman–Crippen MR) is 123 cm³/mol. The van der Waals surface area contributed by atoms with Crippen LogP contribution in [-0.2, 0) is 4.79 Å². The molecule has 7 heteroatoms. The molecule has 174 valence electrons. The van der Waals surface area contributed by atoms with Crippen LogP contribution in [0.1, 0.15) is 83.1 Å². The van der Waals surface area contributed by atoms with E-state index < -0.39 is 0 Å². The number of aromatic nitrogens is 3. The fourth-order valence-corrected chi connectivity index (χ4v) is 6.20. The van der Waals surface area contributed by atoms with Gasteiger partial charge in [-0.1, -0.05) is 43.7 Å². The number of hydrogen-bond acceptors (Lipinski definition) is 4. The summed E-state index contributed by atoms with van der Waals surface area (Å²) < 4.78 is 15.4. The molecule has 1 aromatic carbocycles. The van der Waals surface area contributed by atoms with Crippen LogP contribution < -0.4 is 0 Å². The van der Waals surface area contributed by atoms with E-state index in [1.54, 1.807) is 6.07 Å². The Hall–Kier alpha value is -2.02. The first-order chi connectivity index (χ1) is 15.7. The molecule has 1 saturated heterocycles. The van der Waals surface area contributed by atoms with Gasteiger partial charge in [-0.2, -0.15) is 0 Å². The van der Waals surface area contributed by atoms with Crippen LogP contribution in [0.5, 0.6) is 0 Å². The van der Waals surface area contributed by atoms with E-state index in [0.717, 1.165) is 31.4 Å². The number of halogens is 1. The van der Waals surface area contributed by atoms with Crippen molar-refractivity contribution in [3.8, 4) is 0 Å². The first-order valence-corrected chi connectivity index (χ1v) is 12.7. The van der Waals surface area contributed by atoms with Gasteiger partial charge in [0.1, 0.15) is 11.3 Å². The van der Waals surface area contributed by atoms with E-state index in [2.05, 4.69) is 20.1 Å². The molecule has 0 bridgehead atoms. The summed E-state index contributed by atoms with van der Waals surface area (Å²) in [5.74, 6) is 0.0716. The number of benzene rings is 1. The first kappa shape index (κ1) is 21.8. The smallest absolute Gasteiger partial charge is 0.237 e. The Labute approximate surface area is 190 Å². The number of amides is 1. The van der Waals surface area contributed by atoms with E-state index in [1.165, 1.54) is 76.3 Å². The van der Waals surface area contributed by atoms with E-state index in [4.69, 9.17) is 0 Å². The standard InChI is InChI=1S/C25H36FN5O/c26-19-11-12-24-23(17-19)27-28-31(24)22-13-15-29(16-14-22)18-25(32)30(20-7-3-1-4-8-20)21-9-5-2-6-10-21/h11-12,17,20-22H,1-10,13-16,18H2. The normalized spacial score (nSPS) is 22.4. The third-order valence-electron chi connectivity index (χ3n) is 7.92. The van der Waals surface area contributed by atoms with Crippen LogP contribution in [0.15, 0.2) is 18.2 Å². The quantitative estimate of drug-likeness (QED) is 0.675. The summed E-state index contributed by atoms with van der Waals surface area (Å²) in [5, 5.41) is 8.45. The Morgan fingerprint density at radius 1 is 0.938 bits per heavy atom. The van der Waals surface area contributed by atoms with Crippen LogP contribution in [0.25, 0.3) is 11.0 Å². The third-order valence-corrected chi connectivity index (χ3v) is 7.92. The molecule has 2 aliphatic carbocycles. The van der Waals surface area contributed by atoms with Crippen molar-refractivity contribution < 1.29 is 9.18 Å². The van der Waals surface area contributed by atoms with Crippen molar-refractivity contribution in [1.82, 2.24) is 24.8 Å². The van der Waals surface area contributed by atoms with E-state index in [0.29, 0.717) is 30.1 Å². The molecule has 1 aliphatic heterocycles. The lowest BCUT2D eigenvalue weighted by Gasteiger charge is -2.43. The topological polar surface area (TPSA) is 54.3 Å². The van der Waals surface area contributed by atoms with Crippen molar-refractivity contribution in [3.63, 3.8) is 0 Å². The number of carbonyl (C=O) groups is 1. The summed E-state index contributed by atoms with van der Waals surface area (Å²) in [6.45, 7) is 2.33. The lowest BCUT2D eigenvalue weighted by atomic mass is 9.88. The van der Waals surface area contributed by atoms with Crippen molar-refractivity contribution >= 4 is 16.9 Å². The largest absolute Gasteiger partial charge is 0.336 e. The Morgan fingerprint density at radius 3 is 2.19 bits per heavy atom. The number of fused-ring (bicyclic) bond motifs is 1. The molecule has 0 spiro atoms. The maximum Gasteiger partial charge on any atom is 0.237 e. The van der Waals surface area contributed by atoms with Crippen LogP contribution >= 0.6 is 0 Å². The maximum absolute atomic E-state index is 13.5. The fraction of sp³-hybridized carbons (Fsp3) is 0.720. The molecular weight excluding hydrogens is 405 g/mol. The van der Waals surface area contributed by atoms with Gasteiger partial charge >= 0.3 is 0 Å². The van der Waals surface area contributed by atoms with Crippen LogP contribution in [0.3, 0.4) is 0 Å². The van der Waals surface area contributed by atoms with Gasteiger partial charge in [-0.25, -0.2) is 9.07 Å². The molecule has 2 saturated carbocycles. The van der Waals surface area contributed by atoms with Gasteiger partial charge < -0.3 is 4.90 Å². The summed E-state index contributed by atoms with van der Waals surface area (Å²) in [4.78, 5) is 18.2. The monoisotopic (exact) mass is 441 g/mol. The molecular formula is C25H36FN5O. The lowest BCUT2D eigenvalue weighted by Crippen LogP contribution is -2.52. The lowest BCUT2D eigenvalue weighted by molar-refractivity contribution is -0.139. The molecule has 1 amide bonds. The highest BCUT2D eigenvalue weighted by atomic mass is 19.1. The van der Waals surface area contributed by atoms with E-state index >= 15 is 0 Å². The van der Waals surface area contributed by atoms with Gasteiger partial charge in [0.15, 0.2) is 0 Å². The van der Waals surface area contributed by atoms with Crippen LogP contribution in [0.4, 0.5) is 4.39 Å². The highest BCUT2D eigenvalue weighted by Crippen LogP contribution is 2.31. The first-order valence-electron chi connectivity index (χ1n) is 12.7. The molecule has 5 rings (SSSR count). The van der Waals surface area contributed by atoms with Crippen LogP contribution in [-0.4, -0.2) is 62.4 Å². The van der Waals surface area contributed by atoms with Crippen molar-refractivity contribution in [3.05, 3.63) is 24.0 Å². The Balaban J connectivity index is 1.21. The highest BCUT2D eigenvalue weighted by Gasteiger charge is 2.34. The van der Waals surface area contributed by atoms with Gasteiger partial charge in [0.25, 0.3) is 0 Å². The molecule has 1 aromatic heterocycles. The zero-order chi connectivity index (χ0) is 21.9. The van der Waals surface area contributed by atoms with E-state index in [1.807, 2.05) is 4.68 Å². The van der Waals surface area contributed by atoms with Crippen LogP contribution in [0.2, 0.25) is 0 Å². The summed E-state index contributed by atoms with van der Waals surface area (Å²) >= 11 is 0. The summed E-state index contributed by atoms with van der Waals surface area (Å²) in [6.07, 6.45) is 14.3.